The zero-order valence-electron chi connectivity index (χ0n) is 32.5. The lowest BCUT2D eigenvalue weighted by Gasteiger charge is -2.21. The van der Waals surface area contributed by atoms with Gasteiger partial charge < -0.3 is 4.57 Å². The van der Waals surface area contributed by atoms with Crippen LogP contribution in [0, 0.1) is 0 Å². The second kappa shape index (κ2) is 12.9. The molecule has 0 unspecified atom stereocenters. The van der Waals surface area contributed by atoms with Gasteiger partial charge in [-0.05, 0) is 88.0 Å². The Bertz CT molecular complexity index is 3450. The molecule has 12 rings (SSSR count). The van der Waals surface area contributed by atoms with Crippen molar-refractivity contribution < 1.29 is 0 Å². The highest BCUT2D eigenvalue weighted by atomic mass is 32.1. The Morgan fingerprint density at radius 1 is 0.407 bits per heavy atom. The highest BCUT2D eigenvalue weighted by Gasteiger charge is 2.36. The summed E-state index contributed by atoms with van der Waals surface area (Å²) in [5.41, 5.74) is 14.1. The van der Waals surface area contributed by atoms with Crippen molar-refractivity contribution in [1.29, 1.82) is 0 Å². The third kappa shape index (κ3) is 5.25. The zero-order chi connectivity index (χ0) is 39.2. The minimum Gasteiger partial charge on any atom is -0.309 e. The van der Waals surface area contributed by atoms with E-state index in [-0.39, 0.29) is 5.41 Å². The van der Waals surface area contributed by atoms with Gasteiger partial charge in [-0.15, -0.1) is 11.3 Å². The molecule has 0 aliphatic heterocycles. The van der Waals surface area contributed by atoms with Gasteiger partial charge in [-0.3, -0.25) is 0 Å². The van der Waals surface area contributed by atoms with Crippen LogP contribution in [0.4, 0.5) is 0 Å². The van der Waals surface area contributed by atoms with E-state index in [4.69, 9.17) is 15.0 Å². The van der Waals surface area contributed by atoms with Crippen molar-refractivity contribution in [3.05, 3.63) is 193 Å². The van der Waals surface area contributed by atoms with E-state index in [1.54, 1.807) is 0 Å². The Balaban J connectivity index is 0.985. The fourth-order valence-electron chi connectivity index (χ4n) is 9.37. The lowest BCUT2D eigenvalue weighted by atomic mass is 9.82. The van der Waals surface area contributed by atoms with Crippen LogP contribution in [-0.2, 0) is 5.41 Å². The molecular weight excluding hydrogens is 737 g/mol. The van der Waals surface area contributed by atoms with Crippen LogP contribution >= 0.6 is 11.3 Å². The smallest absolute Gasteiger partial charge is 0.164 e. The summed E-state index contributed by atoms with van der Waals surface area (Å²) in [5, 5.41) is 5.05. The average molecular weight is 773 g/mol. The Morgan fingerprint density at radius 3 is 1.81 bits per heavy atom. The van der Waals surface area contributed by atoms with Gasteiger partial charge in [0.2, 0.25) is 0 Å². The van der Waals surface area contributed by atoms with Crippen molar-refractivity contribution in [3.63, 3.8) is 0 Å². The fraction of sp³-hybridized carbons (Fsp3) is 0.0556. The molecule has 0 bridgehead atoms. The molecule has 0 saturated heterocycles. The van der Waals surface area contributed by atoms with Crippen molar-refractivity contribution >= 4 is 53.3 Å². The molecule has 0 atom stereocenters. The van der Waals surface area contributed by atoms with Crippen LogP contribution < -0.4 is 0 Å². The van der Waals surface area contributed by atoms with Gasteiger partial charge >= 0.3 is 0 Å². The zero-order valence-corrected chi connectivity index (χ0v) is 33.3. The highest BCUT2D eigenvalue weighted by Crippen LogP contribution is 2.51. The maximum atomic E-state index is 5.17. The molecule has 1 aliphatic rings. The van der Waals surface area contributed by atoms with E-state index in [1.165, 1.54) is 75.4 Å². The third-order valence-corrected chi connectivity index (χ3v) is 13.4. The summed E-state index contributed by atoms with van der Waals surface area (Å²) in [4.78, 5) is 15.3. The molecule has 0 saturated carbocycles. The highest BCUT2D eigenvalue weighted by molar-refractivity contribution is 7.26. The number of benzene rings is 8. The SMILES string of the molecule is CC1(C)c2ccccc2-c2cc3c(cc21)c1ccccc1n3-c1ccc(-c2nc(-c3ccccc3)nc(-c3ccc4c(c3)sc3cccc(-c5ccccc5)c34)n2)cc1. The van der Waals surface area contributed by atoms with Gasteiger partial charge in [0.15, 0.2) is 17.5 Å². The molecule has 0 fully saturated rings. The summed E-state index contributed by atoms with van der Waals surface area (Å²) < 4.78 is 4.87. The van der Waals surface area contributed by atoms with Gasteiger partial charge in [-0.2, -0.15) is 0 Å². The maximum absolute atomic E-state index is 5.17. The van der Waals surface area contributed by atoms with Crippen LogP contribution in [0.25, 0.3) is 104 Å². The molecule has 8 aromatic carbocycles. The Hall–Kier alpha value is -7.21. The number of hydrogen-bond acceptors (Lipinski definition) is 4. The number of thiophene rings is 1. The summed E-state index contributed by atoms with van der Waals surface area (Å²) in [6.45, 7) is 4.70. The minimum absolute atomic E-state index is 0.0670. The summed E-state index contributed by atoms with van der Waals surface area (Å²) in [6.07, 6.45) is 0. The first-order chi connectivity index (χ1) is 29.0. The largest absolute Gasteiger partial charge is 0.309 e. The minimum atomic E-state index is -0.0670. The lowest BCUT2D eigenvalue weighted by molar-refractivity contribution is 0.661. The van der Waals surface area contributed by atoms with Gasteiger partial charge in [0.05, 0.1) is 11.0 Å². The van der Waals surface area contributed by atoms with Crippen LogP contribution in [0.15, 0.2) is 182 Å². The van der Waals surface area contributed by atoms with Crippen molar-refractivity contribution in [1.82, 2.24) is 19.5 Å². The molecule has 0 spiro atoms. The van der Waals surface area contributed by atoms with Crippen LogP contribution in [0.5, 0.6) is 0 Å². The summed E-state index contributed by atoms with van der Waals surface area (Å²) >= 11 is 1.81. The topological polar surface area (TPSA) is 43.6 Å². The second-order valence-corrected chi connectivity index (χ2v) is 17.1. The number of rotatable bonds is 5. The monoisotopic (exact) mass is 772 g/mol. The summed E-state index contributed by atoms with van der Waals surface area (Å²) in [5.74, 6) is 1.94. The van der Waals surface area contributed by atoms with E-state index in [9.17, 15) is 0 Å². The van der Waals surface area contributed by atoms with E-state index in [2.05, 4.69) is 182 Å². The third-order valence-electron chi connectivity index (χ3n) is 12.3. The standard InChI is InChI=1S/C54H36N4S/c1-54(2)44-21-11-9-18-39(44)42-32-47-43(31-45(42)54)40-19-10-12-22-46(40)58(47)37-27-24-35(25-28-37)52-55-51(34-16-7-4-8-17-34)56-53(57-52)36-26-29-41-49(30-36)59-48-23-13-20-38(50(41)48)33-14-5-3-6-15-33/h3-32H,1-2H3. The predicted octanol–water partition coefficient (Wildman–Crippen LogP) is 14.3. The normalized spacial score (nSPS) is 13.1. The van der Waals surface area contributed by atoms with Gasteiger partial charge in [0, 0.05) is 58.7 Å². The summed E-state index contributed by atoms with van der Waals surface area (Å²) in [7, 11) is 0. The molecule has 11 aromatic rings. The fourth-order valence-corrected chi connectivity index (χ4v) is 10.5. The first-order valence-corrected chi connectivity index (χ1v) is 20.9. The Labute approximate surface area is 345 Å². The molecule has 3 heterocycles. The van der Waals surface area contributed by atoms with E-state index in [0.29, 0.717) is 17.5 Å². The molecule has 3 aromatic heterocycles. The molecule has 1 aliphatic carbocycles. The quantitative estimate of drug-likeness (QED) is 0.175. The van der Waals surface area contributed by atoms with Gasteiger partial charge in [0.25, 0.3) is 0 Å². The molecular formula is C54H36N4S. The van der Waals surface area contributed by atoms with E-state index < -0.39 is 0 Å². The molecule has 4 nitrogen and oxygen atoms in total. The first kappa shape index (κ1) is 33.9. The average Bonchev–Trinajstić information content (AvgIpc) is 3.91. The number of aromatic nitrogens is 4. The van der Waals surface area contributed by atoms with E-state index >= 15 is 0 Å². The lowest BCUT2D eigenvalue weighted by Crippen LogP contribution is -2.14. The Morgan fingerprint density at radius 2 is 1.03 bits per heavy atom. The van der Waals surface area contributed by atoms with Crippen LogP contribution in [0.3, 0.4) is 0 Å². The molecule has 59 heavy (non-hydrogen) atoms. The molecule has 5 heteroatoms. The van der Waals surface area contributed by atoms with Crippen molar-refractivity contribution in [2.75, 3.05) is 0 Å². The molecule has 0 amide bonds. The number of hydrogen-bond donors (Lipinski definition) is 0. The maximum Gasteiger partial charge on any atom is 0.164 e. The van der Waals surface area contributed by atoms with E-state index in [1.807, 2.05) is 29.5 Å². The predicted molar refractivity (Wildman–Crippen MR) is 246 cm³/mol. The number of para-hydroxylation sites is 1. The summed E-state index contributed by atoms with van der Waals surface area (Å²) in [6, 6.07) is 65.2. The van der Waals surface area contributed by atoms with Crippen LogP contribution in [0.1, 0.15) is 25.0 Å². The number of fused-ring (bicyclic) bond motifs is 9. The van der Waals surface area contributed by atoms with Crippen LogP contribution in [0.2, 0.25) is 0 Å². The van der Waals surface area contributed by atoms with Gasteiger partial charge in [0.1, 0.15) is 0 Å². The van der Waals surface area contributed by atoms with Gasteiger partial charge in [-0.25, -0.2) is 15.0 Å². The molecule has 0 radical (unpaired) electrons. The van der Waals surface area contributed by atoms with E-state index in [0.717, 1.165) is 22.4 Å². The first-order valence-electron chi connectivity index (χ1n) is 20.1. The van der Waals surface area contributed by atoms with Gasteiger partial charge in [-0.1, -0.05) is 141 Å². The Kier molecular flexibility index (Phi) is 7.41. The number of nitrogens with zero attached hydrogens (tertiary/aromatic N) is 4. The second-order valence-electron chi connectivity index (χ2n) is 16.0. The molecule has 0 N–H and O–H groups in total. The molecule has 278 valence electrons. The van der Waals surface area contributed by atoms with Crippen molar-refractivity contribution in [3.8, 4) is 62.1 Å². The van der Waals surface area contributed by atoms with Crippen molar-refractivity contribution in [2.24, 2.45) is 0 Å². The van der Waals surface area contributed by atoms with Crippen LogP contribution in [-0.4, -0.2) is 19.5 Å². The van der Waals surface area contributed by atoms with Crippen molar-refractivity contribution in [2.45, 2.75) is 19.3 Å².